The predicted molar refractivity (Wildman–Crippen MR) is 71.5 cm³/mol. The van der Waals surface area contributed by atoms with E-state index in [1.807, 2.05) is 10.8 Å². The van der Waals surface area contributed by atoms with E-state index in [0.717, 1.165) is 13.0 Å². The second-order valence-electron chi connectivity index (χ2n) is 4.95. The molecule has 18 heavy (non-hydrogen) atoms. The summed E-state index contributed by atoms with van der Waals surface area (Å²) in [6.45, 7) is 6.14. The van der Waals surface area contributed by atoms with Gasteiger partial charge in [-0.05, 0) is 20.3 Å². The molecule has 0 aliphatic heterocycles. The van der Waals surface area contributed by atoms with Gasteiger partial charge < -0.3 is 4.57 Å². The van der Waals surface area contributed by atoms with Crippen molar-refractivity contribution < 1.29 is 8.42 Å². The van der Waals surface area contributed by atoms with Crippen LogP contribution in [-0.2, 0) is 16.4 Å². The molecule has 1 heterocycles. The number of sulfone groups is 1. The van der Waals surface area contributed by atoms with Crippen LogP contribution in [0.1, 0.15) is 39.1 Å². The first-order valence-corrected chi connectivity index (χ1v) is 7.81. The predicted octanol–water partition coefficient (Wildman–Crippen LogP) is 0.621. The molecule has 3 N–H and O–H groups in total. The van der Waals surface area contributed by atoms with Gasteiger partial charge in [-0.3, -0.25) is 5.84 Å². The van der Waals surface area contributed by atoms with Crippen LogP contribution in [0, 0.1) is 0 Å². The van der Waals surface area contributed by atoms with Gasteiger partial charge in [-0.15, -0.1) is 0 Å². The lowest BCUT2D eigenvalue weighted by atomic mass is 10.0. The van der Waals surface area contributed by atoms with Crippen LogP contribution in [0.4, 0.5) is 0 Å². The second-order valence-corrected chi connectivity index (χ2v) is 7.55. The van der Waals surface area contributed by atoms with Crippen molar-refractivity contribution in [3.8, 4) is 0 Å². The Morgan fingerprint density at radius 1 is 1.56 bits per heavy atom. The molecule has 6 nitrogen and oxygen atoms in total. The molecule has 0 radical (unpaired) electrons. The van der Waals surface area contributed by atoms with Gasteiger partial charge in [0.05, 0.1) is 10.8 Å². The maximum absolute atomic E-state index is 11.9. The van der Waals surface area contributed by atoms with Crippen molar-refractivity contribution in [2.45, 2.75) is 44.5 Å². The Kier molecular flexibility index (Phi) is 4.52. The lowest BCUT2D eigenvalue weighted by molar-refractivity contribution is 0.396. The summed E-state index contributed by atoms with van der Waals surface area (Å²) < 4.78 is 24.7. The largest absolute Gasteiger partial charge is 0.334 e. The van der Waals surface area contributed by atoms with E-state index in [-0.39, 0.29) is 0 Å². The highest BCUT2D eigenvalue weighted by atomic mass is 32.2. The van der Waals surface area contributed by atoms with Crippen LogP contribution in [0.5, 0.6) is 0 Å². The number of hydrogen-bond acceptors (Lipinski definition) is 5. The first-order chi connectivity index (χ1) is 8.25. The van der Waals surface area contributed by atoms with E-state index >= 15 is 0 Å². The number of nitrogens with zero attached hydrogens (tertiary/aromatic N) is 2. The summed E-state index contributed by atoms with van der Waals surface area (Å²) in [7, 11) is -3.27. The van der Waals surface area contributed by atoms with Gasteiger partial charge in [0.1, 0.15) is 5.82 Å². The molecule has 0 saturated carbocycles. The molecule has 0 spiro atoms. The zero-order chi connectivity index (χ0) is 14.0. The molecule has 1 aromatic heterocycles. The molecule has 0 aliphatic carbocycles. The number of hydrogen-bond donors (Lipinski definition) is 2. The summed E-state index contributed by atoms with van der Waals surface area (Å²) in [6.07, 6.45) is 5.65. The van der Waals surface area contributed by atoms with Gasteiger partial charge in [-0.25, -0.2) is 18.8 Å². The second kappa shape index (κ2) is 5.38. The molecule has 0 saturated heterocycles. The molecule has 0 fully saturated rings. The van der Waals surface area contributed by atoms with Gasteiger partial charge in [0.25, 0.3) is 0 Å². The van der Waals surface area contributed by atoms with Crippen molar-refractivity contribution >= 4 is 9.84 Å². The third kappa shape index (κ3) is 2.73. The van der Waals surface area contributed by atoms with Crippen LogP contribution in [0.25, 0.3) is 0 Å². The maximum atomic E-state index is 11.9. The van der Waals surface area contributed by atoms with Crippen molar-refractivity contribution in [2.24, 2.45) is 5.84 Å². The molecule has 1 rings (SSSR count). The fraction of sp³-hybridized carbons (Fsp3) is 0.727. The Labute approximate surface area is 108 Å². The minimum atomic E-state index is -3.27. The van der Waals surface area contributed by atoms with Crippen molar-refractivity contribution in [3.05, 3.63) is 18.2 Å². The van der Waals surface area contributed by atoms with Crippen LogP contribution in [0.2, 0.25) is 0 Å². The topological polar surface area (TPSA) is 90.0 Å². The zero-order valence-corrected chi connectivity index (χ0v) is 12.2. The van der Waals surface area contributed by atoms with E-state index < -0.39 is 20.6 Å². The molecule has 1 aromatic rings. The van der Waals surface area contributed by atoms with E-state index in [1.165, 1.54) is 6.26 Å². The Bertz CT molecular complexity index is 493. The quantitative estimate of drug-likeness (QED) is 0.586. The molecule has 0 aromatic carbocycles. The van der Waals surface area contributed by atoms with Gasteiger partial charge in [-0.2, -0.15) is 0 Å². The Balaban J connectivity index is 3.22. The first-order valence-electron chi connectivity index (χ1n) is 5.92. The zero-order valence-electron chi connectivity index (χ0n) is 11.3. The smallest absolute Gasteiger partial charge is 0.154 e. The average Bonchev–Trinajstić information content (AvgIpc) is 2.66. The van der Waals surface area contributed by atoms with E-state index in [4.69, 9.17) is 5.84 Å². The van der Waals surface area contributed by atoms with E-state index in [0.29, 0.717) is 5.82 Å². The number of nitrogens with two attached hydrogens (primary N) is 1. The third-order valence-electron chi connectivity index (χ3n) is 3.29. The standard InChI is InChI=1S/C11H22N4O2S/c1-5-7-15-8-6-13-10(15)9(14-12)11(2,3)18(4,16)17/h6,8-9,14H,5,7,12H2,1-4H3. The Morgan fingerprint density at radius 3 is 2.61 bits per heavy atom. The Morgan fingerprint density at radius 2 is 2.17 bits per heavy atom. The minimum Gasteiger partial charge on any atom is -0.334 e. The molecule has 104 valence electrons. The van der Waals surface area contributed by atoms with Crippen LogP contribution >= 0.6 is 0 Å². The molecule has 1 unspecified atom stereocenters. The van der Waals surface area contributed by atoms with Gasteiger partial charge in [0.15, 0.2) is 9.84 Å². The van der Waals surface area contributed by atoms with E-state index in [1.54, 1.807) is 20.0 Å². The molecule has 0 bridgehead atoms. The SMILES string of the molecule is CCCn1ccnc1C(NN)C(C)(C)S(C)(=O)=O. The number of aryl methyl sites for hydroxylation is 1. The van der Waals surface area contributed by atoms with E-state index in [9.17, 15) is 8.42 Å². The molecule has 1 atom stereocenters. The van der Waals surface area contributed by atoms with Gasteiger partial charge >= 0.3 is 0 Å². The van der Waals surface area contributed by atoms with Crippen molar-refractivity contribution in [1.82, 2.24) is 15.0 Å². The lowest BCUT2D eigenvalue weighted by Crippen LogP contribution is -2.48. The van der Waals surface area contributed by atoms with Gasteiger partial charge in [0, 0.05) is 25.2 Å². The van der Waals surface area contributed by atoms with Crippen molar-refractivity contribution in [2.75, 3.05) is 6.26 Å². The highest BCUT2D eigenvalue weighted by molar-refractivity contribution is 7.92. The number of imidazole rings is 1. The molecular weight excluding hydrogens is 252 g/mol. The third-order valence-corrected chi connectivity index (χ3v) is 5.43. The van der Waals surface area contributed by atoms with Crippen LogP contribution in [0.15, 0.2) is 12.4 Å². The number of hydrazine groups is 1. The fourth-order valence-electron chi connectivity index (χ4n) is 1.81. The van der Waals surface area contributed by atoms with Gasteiger partial charge in [0.2, 0.25) is 0 Å². The van der Waals surface area contributed by atoms with Crippen molar-refractivity contribution in [3.63, 3.8) is 0 Å². The number of aromatic nitrogens is 2. The lowest BCUT2D eigenvalue weighted by Gasteiger charge is -2.31. The molecule has 0 aliphatic rings. The van der Waals surface area contributed by atoms with Crippen LogP contribution < -0.4 is 11.3 Å². The minimum absolute atomic E-state index is 0.547. The van der Waals surface area contributed by atoms with E-state index in [2.05, 4.69) is 17.3 Å². The summed E-state index contributed by atoms with van der Waals surface area (Å²) in [6, 6.07) is -0.547. The summed E-state index contributed by atoms with van der Waals surface area (Å²) >= 11 is 0. The summed E-state index contributed by atoms with van der Waals surface area (Å²) in [4.78, 5) is 4.24. The number of rotatable bonds is 6. The molecular formula is C11H22N4O2S. The van der Waals surface area contributed by atoms with Crippen LogP contribution in [0.3, 0.4) is 0 Å². The highest BCUT2D eigenvalue weighted by Crippen LogP contribution is 2.30. The summed E-state index contributed by atoms with van der Waals surface area (Å²) in [5.41, 5.74) is 2.59. The first kappa shape index (κ1) is 15.1. The monoisotopic (exact) mass is 274 g/mol. The van der Waals surface area contributed by atoms with Crippen molar-refractivity contribution in [1.29, 1.82) is 0 Å². The summed E-state index contributed by atoms with van der Waals surface area (Å²) in [5, 5.41) is 0. The summed E-state index contributed by atoms with van der Waals surface area (Å²) in [5.74, 6) is 6.19. The molecule has 7 heteroatoms. The van der Waals surface area contributed by atoms with Gasteiger partial charge in [-0.1, -0.05) is 6.92 Å². The Hall–Kier alpha value is -0.920. The maximum Gasteiger partial charge on any atom is 0.154 e. The fourth-order valence-corrected chi connectivity index (χ4v) is 2.41. The average molecular weight is 274 g/mol. The highest BCUT2D eigenvalue weighted by Gasteiger charge is 2.41. The van der Waals surface area contributed by atoms with Crippen LogP contribution in [-0.4, -0.2) is 29.0 Å². The normalized spacial score (nSPS) is 14.7. The molecule has 0 amide bonds. The number of nitrogens with one attached hydrogen (secondary N) is 1.